The summed E-state index contributed by atoms with van der Waals surface area (Å²) in [6.45, 7) is 8.64. The van der Waals surface area contributed by atoms with Gasteiger partial charge in [-0.1, -0.05) is 17.7 Å². The Bertz CT molecular complexity index is 417. The van der Waals surface area contributed by atoms with E-state index in [1.54, 1.807) is 0 Å². The molecule has 0 aromatic heterocycles. The molecule has 1 heterocycles. The van der Waals surface area contributed by atoms with Crippen LogP contribution in [0.4, 0.5) is 0 Å². The molecule has 19 heavy (non-hydrogen) atoms. The molecule has 1 aromatic rings. The fourth-order valence-electron chi connectivity index (χ4n) is 2.65. The van der Waals surface area contributed by atoms with Crippen molar-refractivity contribution in [3.8, 4) is 5.75 Å². The minimum Gasteiger partial charge on any atom is -0.488 e. The number of benzene rings is 1. The normalized spacial score (nSPS) is 17.9. The van der Waals surface area contributed by atoms with Crippen LogP contribution in [0.1, 0.15) is 31.4 Å². The quantitative estimate of drug-likeness (QED) is 0.855. The van der Waals surface area contributed by atoms with Gasteiger partial charge in [-0.05, 0) is 38.8 Å². The van der Waals surface area contributed by atoms with Crippen LogP contribution in [0.15, 0.2) is 18.2 Å². The monoisotopic (exact) mass is 263 g/mol. The summed E-state index contributed by atoms with van der Waals surface area (Å²) in [7, 11) is 0. The summed E-state index contributed by atoms with van der Waals surface area (Å²) < 4.78 is 6.02. The molecule has 1 N–H and O–H groups in total. The Labute approximate surface area is 116 Å². The van der Waals surface area contributed by atoms with E-state index in [0.717, 1.165) is 31.7 Å². The van der Waals surface area contributed by atoms with Gasteiger partial charge >= 0.3 is 0 Å². The highest BCUT2D eigenvalue weighted by Crippen LogP contribution is 2.30. The molecule has 0 amide bonds. The van der Waals surface area contributed by atoms with Gasteiger partial charge in [-0.15, -0.1) is 0 Å². The van der Waals surface area contributed by atoms with Crippen LogP contribution < -0.4 is 4.74 Å². The summed E-state index contributed by atoms with van der Waals surface area (Å²) in [5.41, 5.74) is 2.62. The Hall–Kier alpha value is -1.06. The average molecular weight is 263 g/mol. The highest BCUT2D eigenvalue weighted by atomic mass is 16.5. The second kappa shape index (κ2) is 6.40. The smallest absolute Gasteiger partial charge is 0.123 e. The zero-order chi connectivity index (χ0) is 13.8. The summed E-state index contributed by atoms with van der Waals surface area (Å²) in [6, 6.07) is 6.90. The lowest BCUT2D eigenvalue weighted by molar-refractivity contribution is 0.119. The minimum atomic E-state index is 0.248. The SMILES string of the molecule is Cc1ccc2c(c1)CC(CN(CCCO)C(C)C)O2. The molecule has 0 spiro atoms. The first-order chi connectivity index (χ1) is 9.10. The maximum atomic E-state index is 8.97. The lowest BCUT2D eigenvalue weighted by atomic mass is 10.1. The van der Waals surface area contributed by atoms with Crippen molar-refractivity contribution >= 4 is 0 Å². The largest absolute Gasteiger partial charge is 0.488 e. The van der Waals surface area contributed by atoms with Crippen LogP contribution in [0.25, 0.3) is 0 Å². The van der Waals surface area contributed by atoms with E-state index in [2.05, 4.69) is 43.9 Å². The number of ether oxygens (including phenoxy) is 1. The maximum Gasteiger partial charge on any atom is 0.123 e. The van der Waals surface area contributed by atoms with Crippen LogP contribution in [0.3, 0.4) is 0 Å². The van der Waals surface area contributed by atoms with E-state index in [1.165, 1.54) is 11.1 Å². The molecule has 1 aliphatic rings. The van der Waals surface area contributed by atoms with Gasteiger partial charge in [0.15, 0.2) is 0 Å². The van der Waals surface area contributed by atoms with Gasteiger partial charge in [-0.25, -0.2) is 0 Å². The van der Waals surface area contributed by atoms with Crippen LogP contribution >= 0.6 is 0 Å². The lowest BCUT2D eigenvalue weighted by Gasteiger charge is -2.28. The Balaban J connectivity index is 1.94. The summed E-state index contributed by atoms with van der Waals surface area (Å²) in [5, 5.41) is 8.97. The van der Waals surface area contributed by atoms with Crippen molar-refractivity contribution in [2.75, 3.05) is 19.7 Å². The molecule has 1 atom stereocenters. The molecule has 1 unspecified atom stereocenters. The predicted octanol–water partition coefficient (Wildman–Crippen LogP) is 2.39. The molecule has 0 bridgehead atoms. The second-order valence-electron chi connectivity index (χ2n) is 5.72. The number of hydrogen-bond acceptors (Lipinski definition) is 3. The van der Waals surface area contributed by atoms with E-state index in [4.69, 9.17) is 9.84 Å². The van der Waals surface area contributed by atoms with Gasteiger partial charge in [-0.3, -0.25) is 4.90 Å². The molecule has 1 aromatic carbocycles. The number of nitrogens with zero attached hydrogens (tertiary/aromatic N) is 1. The van der Waals surface area contributed by atoms with Crippen LogP contribution in [0, 0.1) is 6.92 Å². The van der Waals surface area contributed by atoms with Crippen molar-refractivity contribution in [1.82, 2.24) is 4.90 Å². The predicted molar refractivity (Wildman–Crippen MR) is 77.7 cm³/mol. The van der Waals surface area contributed by atoms with Crippen LogP contribution in [0.2, 0.25) is 0 Å². The molecule has 0 fully saturated rings. The van der Waals surface area contributed by atoms with E-state index in [1.807, 2.05) is 0 Å². The highest BCUT2D eigenvalue weighted by molar-refractivity contribution is 5.40. The molecule has 2 rings (SSSR count). The Morgan fingerprint density at radius 2 is 2.21 bits per heavy atom. The third kappa shape index (κ3) is 3.71. The number of aliphatic hydroxyl groups excluding tert-OH is 1. The van der Waals surface area contributed by atoms with Crippen molar-refractivity contribution in [3.63, 3.8) is 0 Å². The number of hydrogen-bond donors (Lipinski definition) is 1. The first-order valence-corrected chi connectivity index (χ1v) is 7.21. The minimum absolute atomic E-state index is 0.248. The average Bonchev–Trinajstić information content (AvgIpc) is 2.75. The van der Waals surface area contributed by atoms with E-state index in [0.29, 0.717) is 6.04 Å². The molecule has 3 heteroatoms. The third-order valence-corrected chi connectivity index (χ3v) is 3.73. The molecule has 0 saturated carbocycles. The summed E-state index contributed by atoms with van der Waals surface area (Å²) in [6.07, 6.45) is 2.08. The van der Waals surface area contributed by atoms with Crippen molar-refractivity contribution in [2.24, 2.45) is 0 Å². The third-order valence-electron chi connectivity index (χ3n) is 3.73. The Kier molecular flexibility index (Phi) is 4.83. The summed E-state index contributed by atoms with van der Waals surface area (Å²) in [4.78, 5) is 2.39. The second-order valence-corrected chi connectivity index (χ2v) is 5.72. The fraction of sp³-hybridized carbons (Fsp3) is 0.625. The van der Waals surface area contributed by atoms with Gasteiger partial charge in [-0.2, -0.15) is 0 Å². The van der Waals surface area contributed by atoms with Gasteiger partial charge in [0.25, 0.3) is 0 Å². The van der Waals surface area contributed by atoms with Gasteiger partial charge in [0, 0.05) is 32.2 Å². The number of aryl methyl sites for hydroxylation is 1. The van der Waals surface area contributed by atoms with Crippen LogP contribution in [-0.2, 0) is 6.42 Å². The number of rotatable bonds is 6. The molecule has 3 nitrogen and oxygen atoms in total. The zero-order valence-corrected chi connectivity index (χ0v) is 12.2. The molecule has 0 radical (unpaired) electrons. The van der Waals surface area contributed by atoms with Gasteiger partial charge in [0.2, 0.25) is 0 Å². The standard InChI is InChI=1S/C16H25NO2/c1-12(2)17(7-4-8-18)11-15-10-14-9-13(3)5-6-16(14)19-15/h5-6,9,12,15,18H,4,7-8,10-11H2,1-3H3. The number of aliphatic hydroxyl groups is 1. The van der Waals surface area contributed by atoms with Gasteiger partial charge in [0.05, 0.1) is 0 Å². The van der Waals surface area contributed by atoms with Crippen LogP contribution in [-0.4, -0.2) is 41.8 Å². The Morgan fingerprint density at radius 1 is 1.42 bits per heavy atom. The molecule has 106 valence electrons. The molecule has 0 saturated heterocycles. The topological polar surface area (TPSA) is 32.7 Å². The lowest BCUT2D eigenvalue weighted by Crippen LogP contribution is -2.40. The molecular weight excluding hydrogens is 238 g/mol. The number of fused-ring (bicyclic) bond motifs is 1. The Morgan fingerprint density at radius 3 is 2.89 bits per heavy atom. The summed E-state index contributed by atoms with van der Waals surface area (Å²) >= 11 is 0. The first kappa shape index (κ1) is 14.4. The van der Waals surface area contributed by atoms with Crippen LogP contribution in [0.5, 0.6) is 5.75 Å². The highest BCUT2D eigenvalue weighted by Gasteiger charge is 2.25. The zero-order valence-electron chi connectivity index (χ0n) is 12.2. The van der Waals surface area contributed by atoms with E-state index < -0.39 is 0 Å². The van der Waals surface area contributed by atoms with Gasteiger partial charge in [0.1, 0.15) is 11.9 Å². The van der Waals surface area contributed by atoms with Crippen molar-refractivity contribution < 1.29 is 9.84 Å². The van der Waals surface area contributed by atoms with E-state index in [-0.39, 0.29) is 12.7 Å². The van der Waals surface area contributed by atoms with E-state index in [9.17, 15) is 0 Å². The summed E-state index contributed by atoms with van der Waals surface area (Å²) in [5.74, 6) is 1.04. The maximum absolute atomic E-state index is 8.97. The molecular formula is C16H25NO2. The van der Waals surface area contributed by atoms with Gasteiger partial charge < -0.3 is 9.84 Å². The van der Waals surface area contributed by atoms with E-state index >= 15 is 0 Å². The molecule has 1 aliphatic heterocycles. The van der Waals surface area contributed by atoms with Crippen molar-refractivity contribution in [1.29, 1.82) is 0 Å². The fourth-order valence-corrected chi connectivity index (χ4v) is 2.65. The molecule has 0 aliphatic carbocycles. The van der Waals surface area contributed by atoms with Crippen molar-refractivity contribution in [3.05, 3.63) is 29.3 Å². The first-order valence-electron chi connectivity index (χ1n) is 7.21. The van der Waals surface area contributed by atoms with Crippen molar-refractivity contribution in [2.45, 2.75) is 45.8 Å².